The first-order valence-corrected chi connectivity index (χ1v) is 2.75. The third-order valence-corrected chi connectivity index (χ3v) is 1.39. The SMILES string of the molecule is CC1=C(C)COC=C1. The molecular weight excluding hydrogens is 100 g/mol. The van der Waals surface area contributed by atoms with E-state index >= 15 is 0 Å². The van der Waals surface area contributed by atoms with Crippen molar-refractivity contribution in [3.8, 4) is 0 Å². The van der Waals surface area contributed by atoms with E-state index < -0.39 is 0 Å². The highest BCUT2D eigenvalue weighted by Crippen LogP contribution is 2.09. The molecule has 1 heteroatoms. The Bertz CT molecular complexity index is 142. The molecule has 0 aromatic heterocycles. The molecule has 1 aliphatic heterocycles. The highest BCUT2D eigenvalue weighted by atomic mass is 16.5. The molecule has 0 aromatic rings. The van der Waals surface area contributed by atoms with Crippen molar-refractivity contribution in [2.24, 2.45) is 0 Å². The molecule has 0 spiro atoms. The number of rotatable bonds is 0. The second-order valence-corrected chi connectivity index (χ2v) is 2.08. The lowest BCUT2D eigenvalue weighted by atomic mass is 10.1. The molecule has 0 radical (unpaired) electrons. The molecule has 0 N–H and O–H groups in total. The summed E-state index contributed by atoms with van der Waals surface area (Å²) in [6, 6.07) is 0. The summed E-state index contributed by atoms with van der Waals surface area (Å²) in [7, 11) is 0. The Kier molecular flexibility index (Phi) is 1.38. The number of hydrogen-bond donors (Lipinski definition) is 0. The summed E-state index contributed by atoms with van der Waals surface area (Å²) in [5, 5.41) is 0. The van der Waals surface area contributed by atoms with E-state index in [2.05, 4.69) is 13.8 Å². The van der Waals surface area contributed by atoms with E-state index in [9.17, 15) is 0 Å². The highest BCUT2D eigenvalue weighted by molar-refractivity contribution is 5.23. The molecule has 1 aliphatic rings. The van der Waals surface area contributed by atoms with Gasteiger partial charge < -0.3 is 4.74 Å². The fourth-order valence-corrected chi connectivity index (χ4v) is 0.579. The van der Waals surface area contributed by atoms with Gasteiger partial charge in [-0.2, -0.15) is 0 Å². The largest absolute Gasteiger partial charge is 0.497 e. The van der Waals surface area contributed by atoms with Crippen LogP contribution in [0.5, 0.6) is 0 Å². The second kappa shape index (κ2) is 2.03. The second-order valence-electron chi connectivity index (χ2n) is 2.08. The molecule has 0 aliphatic carbocycles. The molecule has 44 valence electrons. The van der Waals surface area contributed by atoms with Gasteiger partial charge in [-0.25, -0.2) is 0 Å². The molecule has 1 rings (SSSR count). The minimum atomic E-state index is 0.766. The summed E-state index contributed by atoms with van der Waals surface area (Å²) in [6.45, 7) is 4.94. The van der Waals surface area contributed by atoms with Gasteiger partial charge in [0.25, 0.3) is 0 Å². The molecule has 0 bridgehead atoms. The maximum Gasteiger partial charge on any atom is 0.109 e. The first-order valence-electron chi connectivity index (χ1n) is 2.75. The first-order chi connectivity index (χ1) is 3.80. The van der Waals surface area contributed by atoms with Crippen LogP contribution < -0.4 is 0 Å². The fraction of sp³-hybridized carbons (Fsp3) is 0.429. The van der Waals surface area contributed by atoms with Crippen molar-refractivity contribution >= 4 is 0 Å². The van der Waals surface area contributed by atoms with Crippen LogP contribution in [-0.2, 0) is 4.74 Å². The standard InChI is InChI=1S/C7H10O/c1-6-3-4-8-5-7(6)2/h3-4H,5H2,1-2H3. The minimum Gasteiger partial charge on any atom is -0.497 e. The predicted octanol–water partition coefficient (Wildman–Crippen LogP) is 1.87. The molecular formula is C7H10O. The van der Waals surface area contributed by atoms with Gasteiger partial charge in [0.15, 0.2) is 0 Å². The van der Waals surface area contributed by atoms with E-state index in [-0.39, 0.29) is 0 Å². The van der Waals surface area contributed by atoms with Crippen molar-refractivity contribution in [3.63, 3.8) is 0 Å². The molecule has 0 saturated heterocycles. The Labute approximate surface area is 49.7 Å². The monoisotopic (exact) mass is 110 g/mol. The lowest BCUT2D eigenvalue weighted by molar-refractivity contribution is 0.274. The van der Waals surface area contributed by atoms with Crippen molar-refractivity contribution in [3.05, 3.63) is 23.5 Å². The summed E-state index contributed by atoms with van der Waals surface area (Å²) in [4.78, 5) is 0. The van der Waals surface area contributed by atoms with Gasteiger partial charge >= 0.3 is 0 Å². The van der Waals surface area contributed by atoms with Crippen LogP contribution in [0.1, 0.15) is 13.8 Å². The molecule has 0 saturated carbocycles. The normalized spacial score (nSPS) is 18.8. The Morgan fingerprint density at radius 1 is 1.50 bits per heavy atom. The van der Waals surface area contributed by atoms with Gasteiger partial charge in [-0.05, 0) is 31.1 Å². The van der Waals surface area contributed by atoms with Gasteiger partial charge in [0, 0.05) is 0 Å². The van der Waals surface area contributed by atoms with Crippen LogP contribution >= 0.6 is 0 Å². The number of ether oxygens (including phenoxy) is 1. The van der Waals surface area contributed by atoms with Gasteiger partial charge in [0.1, 0.15) is 6.61 Å². The van der Waals surface area contributed by atoms with E-state index in [1.165, 1.54) is 11.1 Å². The molecule has 0 fully saturated rings. The average molecular weight is 110 g/mol. The van der Waals surface area contributed by atoms with Crippen LogP contribution in [0.15, 0.2) is 23.5 Å². The van der Waals surface area contributed by atoms with Crippen molar-refractivity contribution in [1.29, 1.82) is 0 Å². The van der Waals surface area contributed by atoms with E-state index in [0.717, 1.165) is 6.61 Å². The van der Waals surface area contributed by atoms with Gasteiger partial charge in [-0.1, -0.05) is 0 Å². The highest BCUT2D eigenvalue weighted by Gasteiger charge is 1.96. The summed E-state index contributed by atoms with van der Waals surface area (Å²) in [5.74, 6) is 0. The van der Waals surface area contributed by atoms with Crippen molar-refractivity contribution in [2.75, 3.05) is 6.61 Å². The lowest BCUT2D eigenvalue weighted by Gasteiger charge is -2.08. The molecule has 0 aromatic carbocycles. The Morgan fingerprint density at radius 3 is 2.62 bits per heavy atom. The summed E-state index contributed by atoms with van der Waals surface area (Å²) < 4.78 is 5.01. The maximum absolute atomic E-state index is 5.01. The van der Waals surface area contributed by atoms with Crippen LogP contribution in [0.25, 0.3) is 0 Å². The zero-order chi connectivity index (χ0) is 5.98. The summed E-state index contributed by atoms with van der Waals surface area (Å²) >= 11 is 0. The van der Waals surface area contributed by atoms with Crippen LogP contribution in [-0.4, -0.2) is 6.61 Å². The first kappa shape index (κ1) is 5.42. The molecule has 1 nitrogen and oxygen atoms in total. The molecule has 1 heterocycles. The van der Waals surface area contributed by atoms with Gasteiger partial charge in [0.2, 0.25) is 0 Å². The van der Waals surface area contributed by atoms with Gasteiger partial charge in [0.05, 0.1) is 6.26 Å². The maximum atomic E-state index is 5.01. The predicted molar refractivity (Wildman–Crippen MR) is 33.5 cm³/mol. The quantitative estimate of drug-likeness (QED) is 0.462. The number of allylic oxidation sites excluding steroid dienone is 2. The molecule has 8 heavy (non-hydrogen) atoms. The molecule has 0 atom stereocenters. The van der Waals surface area contributed by atoms with Crippen LogP contribution in [0, 0.1) is 0 Å². The third kappa shape index (κ3) is 0.915. The van der Waals surface area contributed by atoms with Gasteiger partial charge in [-0.15, -0.1) is 0 Å². The Hall–Kier alpha value is -0.720. The zero-order valence-corrected chi connectivity index (χ0v) is 5.27. The average Bonchev–Trinajstić information content (AvgIpc) is 1.77. The summed E-state index contributed by atoms with van der Waals surface area (Å²) in [6.07, 6.45) is 3.72. The van der Waals surface area contributed by atoms with E-state index in [4.69, 9.17) is 4.74 Å². The third-order valence-electron chi connectivity index (χ3n) is 1.39. The zero-order valence-electron chi connectivity index (χ0n) is 5.27. The van der Waals surface area contributed by atoms with Crippen molar-refractivity contribution in [2.45, 2.75) is 13.8 Å². The van der Waals surface area contributed by atoms with Crippen LogP contribution in [0.2, 0.25) is 0 Å². The topological polar surface area (TPSA) is 9.23 Å². The van der Waals surface area contributed by atoms with Crippen molar-refractivity contribution < 1.29 is 4.74 Å². The van der Waals surface area contributed by atoms with E-state index in [0.29, 0.717) is 0 Å². The molecule has 0 amide bonds. The van der Waals surface area contributed by atoms with Crippen LogP contribution in [0.3, 0.4) is 0 Å². The smallest absolute Gasteiger partial charge is 0.109 e. The van der Waals surface area contributed by atoms with E-state index in [1.807, 2.05) is 6.08 Å². The molecule has 0 unspecified atom stereocenters. The van der Waals surface area contributed by atoms with Crippen LogP contribution in [0.4, 0.5) is 0 Å². The minimum absolute atomic E-state index is 0.766. The van der Waals surface area contributed by atoms with Gasteiger partial charge in [-0.3, -0.25) is 0 Å². The Morgan fingerprint density at radius 2 is 2.25 bits per heavy atom. The Balaban J connectivity index is 2.76. The van der Waals surface area contributed by atoms with E-state index in [1.54, 1.807) is 6.26 Å². The number of hydrogen-bond acceptors (Lipinski definition) is 1. The fourth-order valence-electron chi connectivity index (χ4n) is 0.579. The van der Waals surface area contributed by atoms with Crippen molar-refractivity contribution in [1.82, 2.24) is 0 Å². The summed E-state index contributed by atoms with van der Waals surface area (Å²) in [5.41, 5.74) is 2.66. The lowest BCUT2D eigenvalue weighted by Crippen LogP contribution is -1.96.